The SMILES string of the molecule is CC1(C)OC(=O)C(=CNc2ccccc2CCCC(=O)O)C(=O)O1. The van der Waals surface area contributed by atoms with E-state index in [1.54, 1.807) is 12.1 Å². The van der Waals surface area contributed by atoms with E-state index in [2.05, 4.69) is 5.32 Å². The van der Waals surface area contributed by atoms with Gasteiger partial charge in [0.25, 0.3) is 5.79 Å². The first-order valence-electron chi connectivity index (χ1n) is 7.51. The Kier molecular flexibility index (Phi) is 5.23. The van der Waals surface area contributed by atoms with E-state index in [1.165, 1.54) is 20.0 Å². The number of esters is 2. The predicted molar refractivity (Wildman–Crippen MR) is 85.0 cm³/mol. The van der Waals surface area contributed by atoms with Crippen molar-refractivity contribution in [3.8, 4) is 0 Å². The van der Waals surface area contributed by atoms with Crippen LogP contribution < -0.4 is 5.32 Å². The minimum atomic E-state index is -1.28. The minimum Gasteiger partial charge on any atom is -0.481 e. The van der Waals surface area contributed by atoms with Gasteiger partial charge in [-0.05, 0) is 24.5 Å². The molecule has 0 saturated carbocycles. The number of nitrogens with one attached hydrogen (secondary N) is 1. The third-order valence-corrected chi connectivity index (χ3v) is 3.34. The number of para-hydroxylation sites is 1. The number of rotatable bonds is 6. The molecule has 1 heterocycles. The molecule has 2 rings (SSSR count). The molecule has 128 valence electrons. The molecule has 1 fully saturated rings. The molecule has 24 heavy (non-hydrogen) atoms. The van der Waals surface area contributed by atoms with Crippen molar-refractivity contribution in [1.29, 1.82) is 0 Å². The third-order valence-electron chi connectivity index (χ3n) is 3.34. The number of aliphatic carboxylic acids is 1. The van der Waals surface area contributed by atoms with Crippen LogP contribution in [0.1, 0.15) is 32.3 Å². The summed E-state index contributed by atoms with van der Waals surface area (Å²) in [6, 6.07) is 7.25. The number of aryl methyl sites for hydroxylation is 1. The number of hydrogen-bond donors (Lipinski definition) is 2. The molecule has 1 aliphatic heterocycles. The second kappa shape index (κ2) is 7.16. The number of cyclic esters (lactones) is 2. The van der Waals surface area contributed by atoms with E-state index in [9.17, 15) is 14.4 Å². The van der Waals surface area contributed by atoms with E-state index < -0.39 is 23.7 Å². The smallest absolute Gasteiger partial charge is 0.350 e. The Morgan fingerprint density at radius 1 is 1.21 bits per heavy atom. The lowest BCUT2D eigenvalue weighted by molar-refractivity contribution is -0.222. The maximum Gasteiger partial charge on any atom is 0.350 e. The second-order valence-corrected chi connectivity index (χ2v) is 5.79. The zero-order chi connectivity index (χ0) is 17.7. The molecule has 7 heteroatoms. The summed E-state index contributed by atoms with van der Waals surface area (Å²) >= 11 is 0. The Morgan fingerprint density at radius 2 is 1.83 bits per heavy atom. The zero-order valence-corrected chi connectivity index (χ0v) is 13.5. The Labute approximate surface area is 139 Å². The van der Waals surface area contributed by atoms with E-state index in [1.807, 2.05) is 12.1 Å². The Morgan fingerprint density at radius 3 is 2.46 bits per heavy atom. The van der Waals surface area contributed by atoms with Crippen molar-refractivity contribution >= 4 is 23.6 Å². The Bertz CT molecular complexity index is 670. The minimum absolute atomic E-state index is 0.0726. The van der Waals surface area contributed by atoms with E-state index >= 15 is 0 Å². The summed E-state index contributed by atoms with van der Waals surface area (Å²) in [5.74, 6) is -3.64. The normalized spacial score (nSPS) is 16.2. The lowest BCUT2D eigenvalue weighted by atomic mass is 10.1. The quantitative estimate of drug-likeness (QED) is 0.467. The molecular formula is C17H19NO6. The molecule has 0 aliphatic carbocycles. The Hall–Kier alpha value is -2.83. The van der Waals surface area contributed by atoms with Gasteiger partial charge in [-0.15, -0.1) is 0 Å². The standard InChI is InChI=1S/C17H19NO6/c1-17(2)23-15(21)12(16(22)24-17)10-18-13-8-4-3-6-11(13)7-5-9-14(19)20/h3-4,6,8,10,18H,5,7,9H2,1-2H3,(H,19,20). The van der Waals surface area contributed by atoms with Crippen molar-refractivity contribution in [2.75, 3.05) is 5.32 Å². The number of carboxylic acid groups (broad SMARTS) is 1. The van der Waals surface area contributed by atoms with Crippen LogP contribution >= 0.6 is 0 Å². The molecule has 1 aliphatic rings. The Balaban J connectivity index is 2.10. The fourth-order valence-electron chi connectivity index (χ4n) is 2.24. The monoisotopic (exact) mass is 333 g/mol. The van der Waals surface area contributed by atoms with Crippen LogP contribution in [0, 0.1) is 0 Å². The highest BCUT2D eigenvalue weighted by atomic mass is 16.7. The fraction of sp³-hybridized carbons (Fsp3) is 0.353. The maximum atomic E-state index is 11.9. The van der Waals surface area contributed by atoms with Crippen LogP contribution in [-0.4, -0.2) is 28.8 Å². The molecule has 0 aromatic heterocycles. The molecule has 0 unspecified atom stereocenters. The number of hydrogen-bond acceptors (Lipinski definition) is 6. The summed E-state index contributed by atoms with van der Waals surface area (Å²) in [6.07, 6.45) is 2.36. The number of carbonyl (C=O) groups is 3. The molecule has 0 amide bonds. The number of carboxylic acids is 1. The highest BCUT2D eigenvalue weighted by molar-refractivity contribution is 6.15. The predicted octanol–water partition coefficient (Wildman–Crippen LogP) is 2.23. The highest BCUT2D eigenvalue weighted by Gasteiger charge is 2.38. The summed E-state index contributed by atoms with van der Waals surface area (Å²) in [7, 11) is 0. The topological polar surface area (TPSA) is 102 Å². The van der Waals surface area contributed by atoms with Crippen LogP contribution in [0.4, 0.5) is 5.69 Å². The van der Waals surface area contributed by atoms with Crippen molar-refractivity contribution in [3.05, 3.63) is 41.6 Å². The molecule has 0 bridgehead atoms. The second-order valence-electron chi connectivity index (χ2n) is 5.79. The molecule has 0 radical (unpaired) electrons. The molecule has 1 aromatic rings. The largest absolute Gasteiger partial charge is 0.481 e. The van der Waals surface area contributed by atoms with Crippen molar-refractivity contribution < 1.29 is 29.0 Å². The van der Waals surface area contributed by atoms with Crippen LogP contribution in [0.2, 0.25) is 0 Å². The van der Waals surface area contributed by atoms with Gasteiger partial charge >= 0.3 is 17.9 Å². The molecule has 2 N–H and O–H groups in total. The first kappa shape index (κ1) is 17.5. The lowest BCUT2D eigenvalue weighted by Crippen LogP contribution is -2.42. The average Bonchev–Trinajstić information content (AvgIpc) is 2.46. The summed E-state index contributed by atoms with van der Waals surface area (Å²) in [5, 5.41) is 11.6. The van der Waals surface area contributed by atoms with E-state index in [4.69, 9.17) is 14.6 Å². The fourth-order valence-corrected chi connectivity index (χ4v) is 2.24. The van der Waals surface area contributed by atoms with Crippen LogP contribution in [0.25, 0.3) is 0 Å². The van der Waals surface area contributed by atoms with Crippen LogP contribution in [0.3, 0.4) is 0 Å². The van der Waals surface area contributed by atoms with Crippen molar-refractivity contribution in [3.63, 3.8) is 0 Å². The number of anilines is 1. The molecule has 0 spiro atoms. The average molecular weight is 333 g/mol. The van der Waals surface area contributed by atoms with Gasteiger partial charge in [0.1, 0.15) is 0 Å². The summed E-state index contributed by atoms with van der Waals surface area (Å²) in [6.45, 7) is 2.95. The van der Waals surface area contributed by atoms with Gasteiger partial charge in [0.05, 0.1) is 0 Å². The van der Waals surface area contributed by atoms with Gasteiger partial charge in [0.2, 0.25) is 0 Å². The van der Waals surface area contributed by atoms with E-state index in [-0.39, 0.29) is 12.0 Å². The summed E-state index contributed by atoms with van der Waals surface area (Å²) < 4.78 is 10.0. The van der Waals surface area contributed by atoms with Crippen LogP contribution in [0.15, 0.2) is 36.0 Å². The molecular weight excluding hydrogens is 314 g/mol. The number of carbonyl (C=O) groups excluding carboxylic acids is 2. The van der Waals surface area contributed by atoms with E-state index in [0.717, 1.165) is 5.56 Å². The number of benzene rings is 1. The first-order valence-corrected chi connectivity index (χ1v) is 7.51. The van der Waals surface area contributed by atoms with Gasteiger partial charge in [-0.25, -0.2) is 9.59 Å². The van der Waals surface area contributed by atoms with Gasteiger partial charge in [0, 0.05) is 32.2 Å². The molecule has 7 nitrogen and oxygen atoms in total. The number of ether oxygens (including phenoxy) is 2. The van der Waals surface area contributed by atoms with Crippen molar-refractivity contribution in [2.45, 2.75) is 38.9 Å². The highest BCUT2D eigenvalue weighted by Crippen LogP contribution is 2.23. The molecule has 0 atom stereocenters. The summed E-state index contributed by atoms with van der Waals surface area (Å²) in [5.41, 5.74) is 1.34. The van der Waals surface area contributed by atoms with E-state index in [0.29, 0.717) is 18.5 Å². The van der Waals surface area contributed by atoms with Gasteiger partial charge in [-0.1, -0.05) is 18.2 Å². The zero-order valence-electron chi connectivity index (χ0n) is 13.5. The van der Waals surface area contributed by atoms with Crippen molar-refractivity contribution in [1.82, 2.24) is 0 Å². The van der Waals surface area contributed by atoms with Gasteiger partial charge in [-0.3, -0.25) is 4.79 Å². The van der Waals surface area contributed by atoms with Gasteiger partial charge in [-0.2, -0.15) is 0 Å². The van der Waals surface area contributed by atoms with Gasteiger partial charge < -0.3 is 19.9 Å². The van der Waals surface area contributed by atoms with Crippen LogP contribution in [-0.2, 0) is 30.3 Å². The van der Waals surface area contributed by atoms with Crippen LogP contribution in [0.5, 0.6) is 0 Å². The van der Waals surface area contributed by atoms with Crippen molar-refractivity contribution in [2.24, 2.45) is 0 Å². The lowest BCUT2D eigenvalue weighted by Gasteiger charge is -2.29. The molecule has 1 aromatic carbocycles. The van der Waals surface area contributed by atoms with Gasteiger partial charge in [0.15, 0.2) is 5.57 Å². The summed E-state index contributed by atoms with van der Waals surface area (Å²) in [4.78, 5) is 34.4. The first-order chi connectivity index (χ1) is 11.3. The third kappa shape index (κ3) is 4.58. The molecule has 1 saturated heterocycles. The maximum absolute atomic E-state index is 11.9.